The Morgan fingerprint density at radius 2 is 0.750 bits per heavy atom. The predicted octanol–water partition coefficient (Wildman–Crippen LogP) is 0.768. The van der Waals surface area contributed by atoms with E-state index < -0.39 is 35.8 Å². The lowest BCUT2D eigenvalue weighted by atomic mass is 10.1. The summed E-state index contributed by atoms with van der Waals surface area (Å²) < 4.78 is 4.13. The van der Waals surface area contributed by atoms with Gasteiger partial charge in [-0.25, -0.2) is 38.7 Å². The summed E-state index contributed by atoms with van der Waals surface area (Å²) in [4.78, 5) is 62.6. The van der Waals surface area contributed by atoms with Crippen molar-refractivity contribution in [2.75, 3.05) is 14.1 Å². The first-order valence-corrected chi connectivity index (χ1v) is 13.4. The highest BCUT2D eigenvalue weighted by atomic mass is 16.5. The Morgan fingerprint density at radius 3 is 0.938 bits per heavy atom. The van der Waals surface area contributed by atoms with Crippen molar-refractivity contribution in [3.63, 3.8) is 0 Å². The van der Waals surface area contributed by atoms with Gasteiger partial charge in [-0.1, -0.05) is 48.5 Å². The molecule has 0 amide bonds. The smallest absolute Gasteiger partial charge is 0.414 e. The van der Waals surface area contributed by atoms with Crippen molar-refractivity contribution in [2.45, 2.75) is 26.2 Å². The average molecular weight is 673 g/mol. The normalized spacial score (nSPS) is 9.29. The molecule has 2 aromatic heterocycles. The molecule has 0 saturated carbocycles. The van der Waals surface area contributed by atoms with E-state index in [-0.39, 0.29) is 0 Å². The quantitative estimate of drug-likeness (QED) is 0.120. The second kappa shape index (κ2) is 23.9. The van der Waals surface area contributed by atoms with Crippen LogP contribution in [0.5, 0.6) is 0 Å². The molecule has 0 radical (unpaired) electrons. The maximum absolute atomic E-state index is 9.10. The van der Waals surface area contributed by atoms with Crippen LogP contribution in [0.15, 0.2) is 86.0 Å². The number of carboxylic acid groups (broad SMARTS) is 6. The summed E-state index contributed by atoms with van der Waals surface area (Å²) in [7, 11) is 3.92. The van der Waals surface area contributed by atoms with Crippen LogP contribution in [0.4, 0.5) is 0 Å². The SMILES string of the molecule is CNCc1ccc(Cn2ccnc2)cc1.CNCc1ccc(Cn2ccnc2)cc1.O=C(O)C(=O)O.O=C(O)C(=O)O.O=C(O)C(=O)O. The molecule has 0 atom stereocenters. The maximum atomic E-state index is 9.10. The van der Waals surface area contributed by atoms with Gasteiger partial charge in [0.25, 0.3) is 0 Å². The standard InChI is InChI=1S/2C12H15N3.3C2H2O4/c2*1-13-8-11-2-4-12(5-3-11)9-15-7-6-14-10-15;3*3-1(4)2(5)6/h2*2-7,10,13H,8-9H2,1H3;3*(H,3,4)(H,5,6). The average Bonchev–Trinajstić information content (AvgIpc) is 3.75. The number of carboxylic acids is 6. The van der Waals surface area contributed by atoms with Crippen molar-refractivity contribution >= 4 is 35.8 Å². The molecular formula is C30H36N6O12. The van der Waals surface area contributed by atoms with E-state index in [2.05, 4.69) is 78.3 Å². The number of nitrogens with zero attached hydrogens (tertiary/aromatic N) is 4. The first kappa shape index (κ1) is 41.6. The topological polar surface area (TPSA) is 284 Å². The lowest BCUT2D eigenvalue weighted by molar-refractivity contribution is -0.159. The third kappa shape index (κ3) is 20.5. The number of imidazole rings is 2. The molecule has 4 aromatic rings. The number of aliphatic carboxylic acids is 6. The van der Waals surface area contributed by atoms with Gasteiger partial charge >= 0.3 is 35.8 Å². The number of hydrogen-bond donors (Lipinski definition) is 8. The fraction of sp³-hybridized carbons (Fsp3) is 0.200. The molecule has 0 fully saturated rings. The Hall–Kier alpha value is -6.40. The van der Waals surface area contributed by atoms with E-state index in [0.717, 1.165) is 26.2 Å². The molecule has 8 N–H and O–H groups in total. The minimum absolute atomic E-state index is 0.889. The first-order valence-electron chi connectivity index (χ1n) is 13.4. The van der Waals surface area contributed by atoms with Crippen molar-refractivity contribution in [1.29, 1.82) is 0 Å². The summed E-state index contributed by atoms with van der Waals surface area (Å²) >= 11 is 0. The van der Waals surface area contributed by atoms with Gasteiger partial charge in [0.1, 0.15) is 0 Å². The second-order valence-corrected chi connectivity index (χ2v) is 8.99. The van der Waals surface area contributed by atoms with Crippen LogP contribution < -0.4 is 10.6 Å². The summed E-state index contributed by atoms with van der Waals surface area (Å²) in [5.41, 5.74) is 5.22. The van der Waals surface area contributed by atoms with E-state index in [1.54, 1.807) is 12.4 Å². The minimum Gasteiger partial charge on any atom is -0.473 e. The van der Waals surface area contributed by atoms with Crippen molar-refractivity contribution in [3.8, 4) is 0 Å². The lowest BCUT2D eigenvalue weighted by Gasteiger charge is -2.04. The molecule has 0 aliphatic carbocycles. The van der Waals surface area contributed by atoms with Crippen LogP contribution in [0.25, 0.3) is 0 Å². The van der Waals surface area contributed by atoms with Crippen molar-refractivity contribution in [2.24, 2.45) is 0 Å². The highest BCUT2D eigenvalue weighted by molar-refractivity contribution is 6.28. The van der Waals surface area contributed by atoms with Gasteiger partial charge in [-0.15, -0.1) is 0 Å². The molecule has 0 bridgehead atoms. The molecule has 258 valence electrons. The number of aromatic nitrogens is 4. The third-order valence-corrected chi connectivity index (χ3v) is 5.21. The summed E-state index contributed by atoms with van der Waals surface area (Å²) in [6.45, 7) is 3.62. The van der Waals surface area contributed by atoms with Crippen LogP contribution in [-0.4, -0.2) is 99.7 Å². The van der Waals surface area contributed by atoms with Crippen LogP contribution in [0, 0.1) is 0 Å². The van der Waals surface area contributed by atoms with Crippen molar-refractivity contribution in [3.05, 3.63) is 108 Å². The monoisotopic (exact) mass is 672 g/mol. The molecule has 2 heterocycles. The van der Waals surface area contributed by atoms with Gasteiger partial charge in [0, 0.05) is 51.0 Å². The van der Waals surface area contributed by atoms with E-state index in [0.29, 0.717) is 0 Å². The molecule has 0 unspecified atom stereocenters. The summed E-state index contributed by atoms with van der Waals surface area (Å²) in [6, 6.07) is 17.3. The fourth-order valence-corrected chi connectivity index (χ4v) is 3.12. The zero-order valence-corrected chi connectivity index (χ0v) is 25.8. The van der Waals surface area contributed by atoms with E-state index in [4.69, 9.17) is 59.4 Å². The Morgan fingerprint density at radius 1 is 0.500 bits per heavy atom. The predicted molar refractivity (Wildman–Crippen MR) is 167 cm³/mol. The second-order valence-electron chi connectivity index (χ2n) is 8.99. The van der Waals surface area contributed by atoms with Crippen LogP contribution in [-0.2, 0) is 54.9 Å². The Balaban J connectivity index is 0.000000624. The Bertz CT molecular complexity index is 1370. The van der Waals surface area contributed by atoms with Gasteiger partial charge in [-0.05, 0) is 36.3 Å². The Labute approximate surface area is 273 Å². The van der Waals surface area contributed by atoms with Crippen molar-refractivity contribution < 1.29 is 59.4 Å². The number of hydrogen-bond acceptors (Lipinski definition) is 10. The Kier molecular flexibility index (Phi) is 20.7. The molecule has 4 rings (SSSR count). The van der Waals surface area contributed by atoms with Crippen LogP contribution >= 0.6 is 0 Å². The molecule has 0 saturated heterocycles. The molecule has 0 aliphatic heterocycles. The molecule has 18 nitrogen and oxygen atoms in total. The number of benzene rings is 2. The first-order chi connectivity index (χ1) is 22.7. The number of carbonyl (C=O) groups is 6. The van der Waals surface area contributed by atoms with Gasteiger partial charge < -0.3 is 50.4 Å². The number of nitrogens with one attached hydrogen (secondary N) is 2. The van der Waals surface area contributed by atoms with Gasteiger partial charge in [0.05, 0.1) is 12.7 Å². The molecule has 48 heavy (non-hydrogen) atoms. The zero-order valence-electron chi connectivity index (χ0n) is 25.8. The number of rotatable bonds is 8. The van der Waals surface area contributed by atoms with E-state index in [1.165, 1.54) is 22.3 Å². The molecular weight excluding hydrogens is 636 g/mol. The molecule has 0 spiro atoms. The van der Waals surface area contributed by atoms with E-state index >= 15 is 0 Å². The van der Waals surface area contributed by atoms with Gasteiger partial charge in [0.15, 0.2) is 0 Å². The van der Waals surface area contributed by atoms with Crippen LogP contribution in [0.2, 0.25) is 0 Å². The molecule has 18 heteroatoms. The van der Waals surface area contributed by atoms with E-state index in [1.807, 2.05) is 39.1 Å². The summed E-state index contributed by atoms with van der Waals surface area (Å²) in [5.74, 6) is -10.9. The maximum Gasteiger partial charge on any atom is 0.414 e. The largest absolute Gasteiger partial charge is 0.473 e. The summed E-state index contributed by atoms with van der Waals surface area (Å²) in [5, 5.41) is 50.6. The zero-order chi connectivity index (χ0) is 36.5. The van der Waals surface area contributed by atoms with Gasteiger partial charge in [-0.3, -0.25) is 0 Å². The van der Waals surface area contributed by atoms with Gasteiger partial charge in [-0.2, -0.15) is 0 Å². The van der Waals surface area contributed by atoms with Crippen LogP contribution in [0.3, 0.4) is 0 Å². The van der Waals surface area contributed by atoms with Crippen LogP contribution in [0.1, 0.15) is 22.3 Å². The highest BCUT2D eigenvalue weighted by Crippen LogP contribution is 2.07. The van der Waals surface area contributed by atoms with E-state index in [9.17, 15) is 0 Å². The van der Waals surface area contributed by atoms with Gasteiger partial charge in [0.2, 0.25) is 0 Å². The summed E-state index contributed by atoms with van der Waals surface area (Å²) in [6.07, 6.45) is 11.2. The molecule has 0 aliphatic rings. The lowest BCUT2D eigenvalue weighted by Crippen LogP contribution is -2.09. The molecule has 2 aromatic carbocycles. The van der Waals surface area contributed by atoms with Crippen molar-refractivity contribution in [1.82, 2.24) is 29.7 Å². The minimum atomic E-state index is -1.82. The fourth-order valence-electron chi connectivity index (χ4n) is 3.12. The highest BCUT2D eigenvalue weighted by Gasteiger charge is 2.05. The third-order valence-electron chi connectivity index (χ3n) is 5.21.